The quantitative estimate of drug-likeness (QED) is 0.287. The molecular formula is C28H34N6O7. The van der Waals surface area contributed by atoms with Crippen LogP contribution in [0.25, 0.3) is 0 Å². The normalized spacial score (nSPS) is 12.0. The average Bonchev–Trinajstić information content (AvgIpc) is 2.95. The Morgan fingerprint density at radius 3 is 1.90 bits per heavy atom. The predicted molar refractivity (Wildman–Crippen MR) is 148 cm³/mol. The summed E-state index contributed by atoms with van der Waals surface area (Å²) >= 11 is 0. The van der Waals surface area contributed by atoms with Crippen LogP contribution < -0.4 is 16.4 Å². The molecule has 13 heteroatoms. The van der Waals surface area contributed by atoms with Crippen LogP contribution in [0.2, 0.25) is 0 Å². The van der Waals surface area contributed by atoms with Gasteiger partial charge in [0.1, 0.15) is 18.7 Å². The fourth-order valence-corrected chi connectivity index (χ4v) is 3.47. The molecule has 2 aromatic rings. The van der Waals surface area contributed by atoms with E-state index in [9.17, 15) is 28.8 Å². The van der Waals surface area contributed by atoms with Crippen molar-refractivity contribution < 1.29 is 33.5 Å². The van der Waals surface area contributed by atoms with Gasteiger partial charge in [-0.1, -0.05) is 60.7 Å². The second-order valence-electron chi connectivity index (χ2n) is 9.02. The minimum absolute atomic E-state index is 0.00103. The number of nitrogens with two attached hydrogens (primary N) is 1. The third-order valence-electron chi connectivity index (χ3n) is 5.71. The van der Waals surface area contributed by atoms with E-state index in [0.717, 1.165) is 30.3 Å². The van der Waals surface area contributed by atoms with Gasteiger partial charge in [0.25, 0.3) is 11.8 Å². The van der Waals surface area contributed by atoms with Crippen LogP contribution >= 0.6 is 0 Å². The van der Waals surface area contributed by atoms with Gasteiger partial charge in [-0.2, -0.15) is 5.01 Å². The first-order valence-electron chi connectivity index (χ1n) is 12.6. The first-order valence-corrected chi connectivity index (χ1v) is 12.6. The third-order valence-corrected chi connectivity index (χ3v) is 5.71. The van der Waals surface area contributed by atoms with Crippen LogP contribution in [0.1, 0.15) is 25.0 Å². The molecule has 7 amide bonds. The molecule has 13 nitrogen and oxygen atoms in total. The van der Waals surface area contributed by atoms with Crippen molar-refractivity contribution in [3.8, 4) is 0 Å². The van der Waals surface area contributed by atoms with Crippen molar-refractivity contribution in [1.82, 2.24) is 25.6 Å². The van der Waals surface area contributed by atoms with Crippen molar-refractivity contribution in [3.05, 3.63) is 83.9 Å². The van der Waals surface area contributed by atoms with Crippen LogP contribution in [-0.2, 0) is 37.1 Å². The second kappa shape index (κ2) is 15.4. The number of hydrogen-bond acceptors (Lipinski definition) is 7. The van der Waals surface area contributed by atoms with Crippen LogP contribution in [0.5, 0.6) is 0 Å². The Balaban J connectivity index is 1.92. The van der Waals surface area contributed by atoms with Crippen LogP contribution in [-0.4, -0.2) is 76.8 Å². The number of imide groups is 1. The van der Waals surface area contributed by atoms with E-state index in [1.807, 2.05) is 36.4 Å². The molecule has 0 radical (unpaired) electrons. The van der Waals surface area contributed by atoms with Gasteiger partial charge in [0.2, 0.25) is 11.8 Å². The van der Waals surface area contributed by atoms with Crippen molar-refractivity contribution in [2.24, 2.45) is 5.73 Å². The molecule has 41 heavy (non-hydrogen) atoms. The van der Waals surface area contributed by atoms with Gasteiger partial charge >= 0.3 is 12.1 Å². The number of ether oxygens (including phenoxy) is 1. The summed E-state index contributed by atoms with van der Waals surface area (Å²) in [6.45, 7) is 2.99. The number of carbonyl (C=O) groups is 6. The Bertz CT molecular complexity index is 1270. The molecule has 0 aliphatic heterocycles. The maximum atomic E-state index is 12.9. The van der Waals surface area contributed by atoms with Gasteiger partial charge in [-0.15, -0.1) is 0 Å². The lowest BCUT2D eigenvalue weighted by atomic mass is 10.2. The lowest BCUT2D eigenvalue weighted by Crippen LogP contribution is -2.58. The molecule has 0 saturated heterocycles. The zero-order chi connectivity index (χ0) is 30.5. The molecule has 2 rings (SSSR count). The third kappa shape index (κ3) is 10.1. The molecule has 0 bridgehead atoms. The average molecular weight is 567 g/mol. The lowest BCUT2D eigenvalue weighted by Gasteiger charge is -2.30. The SMILES string of the molecule is C[C@H](NC(=O)OCc1ccccc1)C(=O)N[C@@H](C)C(=O)N(C)N(C(N)=O)C(=O)/C=C/C(=O)N(C)Cc1ccccc1. The van der Waals surface area contributed by atoms with Gasteiger partial charge in [-0.05, 0) is 25.0 Å². The molecule has 0 saturated carbocycles. The number of benzene rings is 2. The summed E-state index contributed by atoms with van der Waals surface area (Å²) in [4.78, 5) is 75.9. The topological polar surface area (TPSA) is 171 Å². The largest absolute Gasteiger partial charge is 0.445 e. The molecular weight excluding hydrogens is 532 g/mol. The van der Waals surface area contributed by atoms with E-state index in [1.54, 1.807) is 24.3 Å². The van der Waals surface area contributed by atoms with Crippen LogP contribution in [0.15, 0.2) is 72.8 Å². The highest BCUT2D eigenvalue weighted by molar-refractivity contribution is 6.04. The number of carbonyl (C=O) groups excluding carboxylic acids is 6. The smallest absolute Gasteiger partial charge is 0.408 e. The molecule has 0 heterocycles. The van der Waals surface area contributed by atoms with E-state index in [-0.39, 0.29) is 13.2 Å². The van der Waals surface area contributed by atoms with Gasteiger partial charge in [-0.3, -0.25) is 19.2 Å². The Labute approximate surface area is 237 Å². The molecule has 0 unspecified atom stereocenters. The van der Waals surface area contributed by atoms with Crippen LogP contribution in [0.4, 0.5) is 9.59 Å². The number of nitrogens with one attached hydrogen (secondary N) is 2. The summed E-state index contributed by atoms with van der Waals surface area (Å²) in [5, 5.41) is 5.70. The lowest BCUT2D eigenvalue weighted by molar-refractivity contribution is -0.153. The Morgan fingerprint density at radius 1 is 0.805 bits per heavy atom. The van der Waals surface area contributed by atoms with E-state index in [2.05, 4.69) is 10.6 Å². The maximum Gasteiger partial charge on any atom is 0.408 e. The number of urea groups is 1. The highest BCUT2D eigenvalue weighted by atomic mass is 16.5. The summed E-state index contributed by atoms with van der Waals surface area (Å²) in [6.07, 6.45) is 0.928. The van der Waals surface area contributed by atoms with Crippen LogP contribution in [0.3, 0.4) is 0 Å². The minimum atomic E-state index is -1.28. The van der Waals surface area contributed by atoms with Crippen molar-refractivity contribution in [3.63, 3.8) is 0 Å². The summed E-state index contributed by atoms with van der Waals surface area (Å²) in [7, 11) is 2.64. The second-order valence-corrected chi connectivity index (χ2v) is 9.02. The molecule has 2 atom stereocenters. The number of nitrogens with zero attached hydrogens (tertiary/aromatic N) is 3. The van der Waals surface area contributed by atoms with Gasteiger partial charge in [0, 0.05) is 32.8 Å². The van der Waals surface area contributed by atoms with Gasteiger partial charge < -0.3 is 26.0 Å². The number of rotatable bonds is 10. The Kier molecular flexibility index (Phi) is 12.0. The number of primary amides is 1. The predicted octanol–water partition coefficient (Wildman–Crippen LogP) is 1.30. The highest BCUT2D eigenvalue weighted by Gasteiger charge is 2.31. The zero-order valence-electron chi connectivity index (χ0n) is 23.3. The summed E-state index contributed by atoms with van der Waals surface area (Å²) < 4.78 is 5.07. The van der Waals surface area contributed by atoms with E-state index in [4.69, 9.17) is 10.5 Å². The Morgan fingerprint density at radius 2 is 1.34 bits per heavy atom. The molecule has 4 N–H and O–H groups in total. The van der Waals surface area contributed by atoms with Crippen molar-refractivity contribution in [2.75, 3.05) is 14.1 Å². The Hall–Kier alpha value is -5.20. The van der Waals surface area contributed by atoms with E-state index < -0.39 is 47.8 Å². The van der Waals surface area contributed by atoms with E-state index in [1.165, 1.54) is 25.8 Å². The molecule has 0 aliphatic rings. The molecule has 0 aliphatic carbocycles. The fraction of sp³-hybridized carbons (Fsp3) is 0.286. The molecule has 0 aromatic heterocycles. The van der Waals surface area contributed by atoms with E-state index in [0.29, 0.717) is 10.0 Å². The summed E-state index contributed by atoms with van der Waals surface area (Å²) in [6, 6.07) is 14.5. The fourth-order valence-electron chi connectivity index (χ4n) is 3.47. The molecule has 0 fully saturated rings. The number of likely N-dealkylation sites (N-methyl/N-ethyl adjacent to an activating group) is 2. The number of hydrogen-bond donors (Lipinski definition) is 3. The summed E-state index contributed by atoms with van der Waals surface area (Å²) in [5.74, 6) is -3.17. The standard InChI is InChI=1S/C28H34N6O7/c1-19(31-28(40)41-18-22-13-9-6-10-14-22)25(37)30-20(2)26(38)33(4)34(27(29)39)24(36)16-15-23(35)32(3)17-21-11-7-5-8-12-21/h5-16,19-20H,17-18H2,1-4H3,(H2,29,39)(H,30,37)(H,31,40)/b16-15+/t19-,20-/m0/s1. The van der Waals surface area contributed by atoms with Crippen molar-refractivity contribution in [2.45, 2.75) is 39.1 Å². The molecule has 0 spiro atoms. The van der Waals surface area contributed by atoms with Crippen LogP contribution in [0, 0.1) is 0 Å². The first kappa shape index (κ1) is 32.0. The first-order chi connectivity index (χ1) is 19.4. The van der Waals surface area contributed by atoms with Gasteiger partial charge in [0.05, 0.1) is 0 Å². The van der Waals surface area contributed by atoms with Crippen molar-refractivity contribution >= 4 is 35.8 Å². The highest BCUT2D eigenvalue weighted by Crippen LogP contribution is 2.06. The van der Waals surface area contributed by atoms with Gasteiger partial charge in [0.15, 0.2) is 0 Å². The van der Waals surface area contributed by atoms with Crippen molar-refractivity contribution in [1.29, 1.82) is 0 Å². The minimum Gasteiger partial charge on any atom is -0.445 e. The maximum absolute atomic E-state index is 12.9. The monoisotopic (exact) mass is 566 g/mol. The number of alkyl carbamates (subject to hydrolysis) is 1. The van der Waals surface area contributed by atoms with Gasteiger partial charge in [-0.25, -0.2) is 14.6 Å². The van der Waals surface area contributed by atoms with E-state index >= 15 is 0 Å². The molecule has 2 aromatic carbocycles. The number of hydrazine groups is 1. The number of amides is 7. The molecule has 218 valence electrons. The summed E-state index contributed by atoms with van der Waals surface area (Å²) in [5.41, 5.74) is 6.94. The zero-order valence-corrected chi connectivity index (χ0v) is 23.3.